The monoisotopic (exact) mass is 737 g/mol. The summed E-state index contributed by atoms with van der Waals surface area (Å²) >= 11 is 0. The van der Waals surface area contributed by atoms with Crippen LogP contribution in [0.3, 0.4) is 0 Å². The summed E-state index contributed by atoms with van der Waals surface area (Å²) in [5.41, 5.74) is 16.0. The highest BCUT2D eigenvalue weighted by molar-refractivity contribution is 6.23. The Hall–Kier alpha value is -7.80. The van der Waals surface area contributed by atoms with Crippen LogP contribution in [0, 0.1) is 19.3 Å². The van der Waals surface area contributed by atoms with E-state index in [9.17, 15) is 0 Å². The second kappa shape index (κ2) is 12.4. The van der Waals surface area contributed by atoms with E-state index in [-0.39, 0.29) is 0 Å². The van der Waals surface area contributed by atoms with Gasteiger partial charge in [0, 0.05) is 65.9 Å². The lowest BCUT2D eigenvalue weighted by Crippen LogP contribution is -1.96. The average molecular weight is 738 g/mol. The molecule has 0 aliphatic heterocycles. The van der Waals surface area contributed by atoms with E-state index < -0.39 is 0 Å². The molecule has 0 spiro atoms. The van der Waals surface area contributed by atoms with Gasteiger partial charge in [0.25, 0.3) is 0 Å². The Morgan fingerprint density at radius 2 is 1.02 bits per heavy atom. The molecule has 3 heteroatoms. The molecule has 0 aliphatic carbocycles. The Bertz CT molecular complexity index is 3690. The Kier molecular flexibility index (Phi) is 6.91. The van der Waals surface area contributed by atoms with Crippen LogP contribution in [0.4, 0.5) is 0 Å². The molecule has 0 saturated heterocycles. The molecule has 3 nitrogen and oxygen atoms in total. The molecule has 12 rings (SSSR count). The summed E-state index contributed by atoms with van der Waals surface area (Å²) in [4.78, 5) is 0. The molecule has 4 heterocycles. The maximum Gasteiger partial charge on any atom is 0.0620 e. The first-order chi connectivity index (χ1) is 28.7. The zero-order chi connectivity index (χ0) is 38.5. The van der Waals surface area contributed by atoms with Gasteiger partial charge in [-0.3, -0.25) is 0 Å². The van der Waals surface area contributed by atoms with E-state index in [2.05, 4.69) is 214 Å². The third-order valence-electron chi connectivity index (χ3n) is 12.3. The third kappa shape index (κ3) is 4.58. The molecule has 0 bridgehead atoms. The molecular weight excluding hydrogens is 703 g/mol. The predicted octanol–water partition coefficient (Wildman–Crippen LogP) is 14.0. The molecule has 12 aromatic rings. The van der Waals surface area contributed by atoms with Crippen molar-refractivity contribution in [2.45, 2.75) is 6.92 Å². The molecule has 0 unspecified atom stereocenters. The number of hydrogen-bond donors (Lipinski definition) is 0. The number of para-hydroxylation sites is 5. The lowest BCUT2D eigenvalue weighted by atomic mass is 10.0. The van der Waals surface area contributed by atoms with Gasteiger partial charge in [-0.25, -0.2) is 0 Å². The van der Waals surface area contributed by atoms with Gasteiger partial charge in [-0.2, -0.15) is 0 Å². The fourth-order valence-corrected chi connectivity index (χ4v) is 9.69. The standard InChI is InChI=1S/C55H35N3/c1-3-36(32-48-35(2)56(40-16-5-4-6-17-40)50-24-10-8-20-43(48)50)37-15-13-18-41(31-37)57-51-25-11-9-21-44(51)49-33-38(28-30-53(49)57)39-27-29-45-47-23-14-22-46-42-19-7-12-26-52(42)58(55(46)47)54(45)34-39/h1,4-34H,2H3/b36-32+. The van der Waals surface area contributed by atoms with Gasteiger partial charge < -0.3 is 13.5 Å². The zero-order valence-corrected chi connectivity index (χ0v) is 31.8. The van der Waals surface area contributed by atoms with Gasteiger partial charge in [0.1, 0.15) is 0 Å². The smallest absolute Gasteiger partial charge is 0.0620 e. The minimum atomic E-state index is 0.843. The summed E-state index contributed by atoms with van der Waals surface area (Å²) in [6, 6.07) is 65.8. The summed E-state index contributed by atoms with van der Waals surface area (Å²) in [6.07, 6.45) is 8.54. The molecule has 0 fully saturated rings. The summed E-state index contributed by atoms with van der Waals surface area (Å²) in [6.45, 7) is 2.18. The summed E-state index contributed by atoms with van der Waals surface area (Å²) < 4.78 is 7.15. The van der Waals surface area contributed by atoms with Crippen LogP contribution >= 0.6 is 0 Å². The SMILES string of the molecule is C#C/C(=C\c1c(C)n(-c2ccccc2)c2ccccc12)c1cccc(-n2c3ccccc3c3cc(-c4ccc5c6cccc7c8ccccc8n(c5c4)c76)ccc32)c1. The maximum absolute atomic E-state index is 6.35. The lowest BCUT2D eigenvalue weighted by Gasteiger charge is -2.11. The minimum absolute atomic E-state index is 0.843. The number of rotatable bonds is 5. The van der Waals surface area contributed by atoms with Crippen molar-refractivity contribution in [2.24, 2.45) is 0 Å². The van der Waals surface area contributed by atoms with Gasteiger partial charge in [-0.1, -0.05) is 127 Å². The molecule has 4 aromatic heterocycles. The predicted molar refractivity (Wildman–Crippen MR) is 246 cm³/mol. The second-order valence-electron chi connectivity index (χ2n) is 15.3. The van der Waals surface area contributed by atoms with E-state index in [4.69, 9.17) is 6.42 Å². The number of aromatic nitrogens is 3. The largest absolute Gasteiger partial charge is 0.313 e. The van der Waals surface area contributed by atoms with Gasteiger partial charge in [0.05, 0.1) is 33.1 Å². The van der Waals surface area contributed by atoms with Crippen LogP contribution in [-0.2, 0) is 0 Å². The van der Waals surface area contributed by atoms with Crippen LogP contribution in [0.15, 0.2) is 182 Å². The molecule has 0 saturated carbocycles. The van der Waals surface area contributed by atoms with E-state index in [1.165, 1.54) is 65.4 Å². The summed E-state index contributed by atoms with van der Waals surface area (Å²) in [7, 11) is 0. The number of fused-ring (bicyclic) bond motifs is 10. The van der Waals surface area contributed by atoms with Crippen molar-refractivity contribution in [3.05, 3.63) is 199 Å². The Morgan fingerprint density at radius 1 is 0.448 bits per heavy atom. The Balaban J connectivity index is 0.995. The summed E-state index contributed by atoms with van der Waals surface area (Å²) in [5.74, 6) is 3.06. The van der Waals surface area contributed by atoms with Gasteiger partial charge in [0.15, 0.2) is 0 Å². The molecule has 0 aliphatic rings. The average Bonchev–Trinajstić information content (AvgIpc) is 3.99. The molecule has 0 amide bonds. The van der Waals surface area contributed by atoms with Crippen LogP contribution in [0.2, 0.25) is 0 Å². The number of nitrogens with zero attached hydrogens (tertiary/aromatic N) is 3. The first-order valence-corrected chi connectivity index (χ1v) is 19.8. The van der Waals surface area contributed by atoms with Crippen molar-refractivity contribution in [1.82, 2.24) is 13.5 Å². The molecular formula is C55H35N3. The Morgan fingerprint density at radius 3 is 1.79 bits per heavy atom. The van der Waals surface area contributed by atoms with E-state index in [0.717, 1.165) is 50.3 Å². The molecule has 8 aromatic carbocycles. The van der Waals surface area contributed by atoms with Gasteiger partial charge in [0.2, 0.25) is 0 Å². The number of hydrogen-bond acceptors (Lipinski definition) is 0. The fourth-order valence-electron chi connectivity index (χ4n) is 9.69. The van der Waals surface area contributed by atoms with E-state index in [1.807, 2.05) is 0 Å². The Labute approximate surface area is 335 Å². The highest BCUT2D eigenvalue weighted by Gasteiger charge is 2.19. The van der Waals surface area contributed by atoms with Crippen LogP contribution in [0.25, 0.3) is 105 Å². The highest BCUT2D eigenvalue weighted by atomic mass is 15.0. The molecule has 0 N–H and O–H groups in total. The van der Waals surface area contributed by atoms with E-state index in [1.54, 1.807) is 0 Å². The quantitative estimate of drug-likeness (QED) is 0.156. The molecule has 0 atom stereocenters. The molecule has 270 valence electrons. The van der Waals surface area contributed by atoms with E-state index in [0.29, 0.717) is 0 Å². The van der Waals surface area contributed by atoms with Gasteiger partial charge in [-0.05, 0) is 90.4 Å². The first kappa shape index (κ1) is 32.4. The van der Waals surface area contributed by atoms with Crippen molar-refractivity contribution in [1.29, 1.82) is 0 Å². The summed E-state index contributed by atoms with van der Waals surface area (Å²) in [5, 5.41) is 8.79. The van der Waals surface area contributed by atoms with Crippen molar-refractivity contribution in [3.8, 4) is 34.8 Å². The minimum Gasteiger partial charge on any atom is -0.313 e. The van der Waals surface area contributed by atoms with Crippen LogP contribution in [0.1, 0.15) is 16.8 Å². The highest BCUT2D eigenvalue weighted by Crippen LogP contribution is 2.41. The third-order valence-corrected chi connectivity index (χ3v) is 12.3. The fraction of sp³-hybridized carbons (Fsp3) is 0.0182. The maximum atomic E-state index is 6.35. The van der Waals surface area contributed by atoms with Gasteiger partial charge in [-0.15, -0.1) is 6.42 Å². The number of terminal acetylenes is 1. The van der Waals surface area contributed by atoms with E-state index >= 15 is 0 Å². The second-order valence-corrected chi connectivity index (χ2v) is 15.3. The number of benzene rings is 8. The van der Waals surface area contributed by atoms with Gasteiger partial charge >= 0.3 is 0 Å². The van der Waals surface area contributed by atoms with Crippen molar-refractivity contribution in [3.63, 3.8) is 0 Å². The normalized spacial score (nSPS) is 12.3. The first-order valence-electron chi connectivity index (χ1n) is 19.8. The van der Waals surface area contributed by atoms with Crippen LogP contribution in [0.5, 0.6) is 0 Å². The molecule has 58 heavy (non-hydrogen) atoms. The van der Waals surface area contributed by atoms with Crippen molar-refractivity contribution in [2.75, 3.05) is 0 Å². The lowest BCUT2D eigenvalue weighted by molar-refractivity contribution is 1.05. The number of allylic oxidation sites excluding steroid dienone is 1. The van der Waals surface area contributed by atoms with Crippen LogP contribution in [-0.4, -0.2) is 13.5 Å². The molecule has 0 radical (unpaired) electrons. The van der Waals surface area contributed by atoms with Crippen molar-refractivity contribution < 1.29 is 0 Å². The zero-order valence-electron chi connectivity index (χ0n) is 31.8. The van der Waals surface area contributed by atoms with Crippen LogP contribution < -0.4 is 0 Å². The van der Waals surface area contributed by atoms with Crippen molar-refractivity contribution >= 4 is 82.5 Å². The topological polar surface area (TPSA) is 14.3 Å².